The molecule has 0 bridgehead atoms. The number of Topliss-reactive ketones (excluding diaryl/α,β-unsaturated/α-hetero) is 1. The average molecular weight is 190 g/mol. The summed E-state index contributed by atoms with van der Waals surface area (Å²) in [7, 11) is 0. The lowest BCUT2D eigenvalue weighted by Gasteiger charge is -2.38. The summed E-state index contributed by atoms with van der Waals surface area (Å²) in [5.74, 6) is -0.997. The quantitative estimate of drug-likeness (QED) is 0.476. The first-order valence-electron chi connectivity index (χ1n) is 4.15. The van der Waals surface area contributed by atoms with Crippen LogP contribution in [0.15, 0.2) is 0 Å². The first kappa shape index (κ1) is 10.6. The Hall–Kier alpha value is -0.490. The zero-order valence-electron chi connectivity index (χ0n) is 7.54. The molecule has 1 fully saturated rings. The third-order valence-corrected chi connectivity index (χ3v) is 2.34. The minimum Gasteiger partial charge on any atom is -0.390 e. The van der Waals surface area contributed by atoms with Gasteiger partial charge in [0.2, 0.25) is 0 Å². The minimum absolute atomic E-state index is 0.405. The van der Waals surface area contributed by atoms with Crippen molar-refractivity contribution in [3.63, 3.8) is 0 Å². The van der Waals surface area contributed by atoms with Gasteiger partial charge >= 0.3 is 0 Å². The average Bonchev–Trinajstić information content (AvgIpc) is 2.07. The van der Waals surface area contributed by atoms with Gasteiger partial charge in [0.05, 0.1) is 6.10 Å². The summed E-state index contributed by atoms with van der Waals surface area (Å²) >= 11 is 0. The van der Waals surface area contributed by atoms with Gasteiger partial charge in [0.1, 0.15) is 12.2 Å². The highest BCUT2D eigenvalue weighted by molar-refractivity contribution is 5.81. The normalized spacial score (nSPS) is 46.1. The third-order valence-electron chi connectivity index (χ3n) is 2.34. The van der Waals surface area contributed by atoms with Crippen LogP contribution in [0.25, 0.3) is 0 Å². The first-order chi connectivity index (χ1) is 5.95. The molecule has 0 aromatic heterocycles. The molecule has 1 saturated heterocycles. The summed E-state index contributed by atoms with van der Waals surface area (Å²) in [4.78, 5) is 10.9. The van der Waals surface area contributed by atoms with Crippen molar-refractivity contribution in [3.8, 4) is 0 Å². The van der Waals surface area contributed by atoms with Crippen LogP contribution in [0, 0.1) is 5.92 Å². The molecular formula is C8H14O5. The van der Waals surface area contributed by atoms with Gasteiger partial charge in [-0.2, -0.15) is 0 Å². The molecule has 1 aliphatic rings. The molecule has 76 valence electrons. The second-order valence-electron chi connectivity index (χ2n) is 3.40. The zero-order valence-corrected chi connectivity index (χ0v) is 7.54. The van der Waals surface area contributed by atoms with Crippen LogP contribution in [0.4, 0.5) is 0 Å². The molecule has 3 N–H and O–H groups in total. The molecule has 5 atom stereocenters. The Bertz CT molecular complexity index is 205. The number of carbonyl (C=O) groups is 1. The topological polar surface area (TPSA) is 87.0 Å². The zero-order chi connectivity index (χ0) is 10.2. The predicted molar refractivity (Wildman–Crippen MR) is 42.7 cm³/mol. The van der Waals surface area contributed by atoms with E-state index in [1.807, 2.05) is 0 Å². The van der Waals surface area contributed by atoms with Gasteiger partial charge in [-0.25, -0.2) is 0 Å². The molecule has 0 aromatic rings. The summed E-state index contributed by atoms with van der Waals surface area (Å²) in [6.45, 7) is 2.78. The van der Waals surface area contributed by atoms with E-state index in [0.29, 0.717) is 0 Å². The maximum atomic E-state index is 10.9. The Morgan fingerprint density at radius 2 is 1.77 bits per heavy atom. The summed E-state index contributed by atoms with van der Waals surface area (Å²) in [6.07, 6.45) is -4.71. The second-order valence-corrected chi connectivity index (χ2v) is 3.40. The van der Waals surface area contributed by atoms with E-state index in [0.717, 1.165) is 0 Å². The lowest BCUT2D eigenvalue weighted by molar-refractivity contribution is -0.253. The van der Waals surface area contributed by atoms with Crippen LogP contribution in [0.5, 0.6) is 0 Å². The third kappa shape index (κ3) is 1.88. The van der Waals surface area contributed by atoms with Gasteiger partial charge in [-0.05, 0) is 6.92 Å². The highest BCUT2D eigenvalue weighted by atomic mass is 16.6. The van der Waals surface area contributed by atoms with Crippen LogP contribution in [0.1, 0.15) is 13.8 Å². The lowest BCUT2D eigenvalue weighted by atomic mass is 9.91. The van der Waals surface area contributed by atoms with Gasteiger partial charge in [0.15, 0.2) is 12.1 Å². The van der Waals surface area contributed by atoms with E-state index >= 15 is 0 Å². The van der Waals surface area contributed by atoms with E-state index in [1.165, 1.54) is 13.8 Å². The number of rotatable bonds is 1. The van der Waals surface area contributed by atoms with E-state index in [1.54, 1.807) is 0 Å². The van der Waals surface area contributed by atoms with Gasteiger partial charge in [0.25, 0.3) is 0 Å². The summed E-state index contributed by atoms with van der Waals surface area (Å²) < 4.78 is 4.84. The van der Waals surface area contributed by atoms with Crippen molar-refractivity contribution in [2.45, 2.75) is 38.4 Å². The van der Waals surface area contributed by atoms with Crippen LogP contribution in [-0.2, 0) is 9.53 Å². The van der Waals surface area contributed by atoms with Gasteiger partial charge in [-0.3, -0.25) is 4.79 Å². The highest BCUT2D eigenvalue weighted by Gasteiger charge is 2.43. The van der Waals surface area contributed by atoms with Gasteiger partial charge in [-0.1, -0.05) is 6.92 Å². The molecule has 5 nitrogen and oxygen atoms in total. The molecule has 0 radical (unpaired) electrons. The molecule has 0 unspecified atom stereocenters. The van der Waals surface area contributed by atoms with Crippen LogP contribution in [0.2, 0.25) is 0 Å². The number of hydrogen-bond acceptors (Lipinski definition) is 5. The Balaban J connectivity index is 2.76. The van der Waals surface area contributed by atoms with Crippen molar-refractivity contribution < 1.29 is 24.9 Å². The monoisotopic (exact) mass is 190 g/mol. The summed E-state index contributed by atoms with van der Waals surface area (Å²) in [5.41, 5.74) is 0. The van der Waals surface area contributed by atoms with Gasteiger partial charge < -0.3 is 20.1 Å². The second kappa shape index (κ2) is 3.71. The maximum absolute atomic E-state index is 10.9. The van der Waals surface area contributed by atoms with Crippen molar-refractivity contribution in [3.05, 3.63) is 0 Å². The van der Waals surface area contributed by atoms with E-state index in [-0.39, 0.29) is 0 Å². The van der Waals surface area contributed by atoms with Crippen molar-refractivity contribution >= 4 is 5.78 Å². The van der Waals surface area contributed by atoms with Crippen molar-refractivity contribution in [2.75, 3.05) is 0 Å². The standard InChI is InChI=1S/C8H14O5/c1-3-5(10)6(11)7(4(2)9)13-8(3)12/h3,5-8,10-12H,1-2H3/t3-,5-,6+,7-,8-/m1/s1. The van der Waals surface area contributed by atoms with Crippen LogP contribution < -0.4 is 0 Å². The predicted octanol–water partition coefficient (Wildman–Crippen LogP) is -1.35. The first-order valence-corrected chi connectivity index (χ1v) is 4.15. The number of ketones is 1. The molecule has 13 heavy (non-hydrogen) atoms. The van der Waals surface area contributed by atoms with Gasteiger partial charge in [0, 0.05) is 5.92 Å². The molecule has 1 aliphatic heterocycles. The van der Waals surface area contributed by atoms with Crippen LogP contribution in [0.3, 0.4) is 0 Å². The number of carbonyl (C=O) groups excluding carboxylic acids is 1. The summed E-state index contributed by atoms with van der Waals surface area (Å²) in [5, 5.41) is 28.0. The highest BCUT2D eigenvalue weighted by Crippen LogP contribution is 2.24. The summed E-state index contributed by atoms with van der Waals surface area (Å²) in [6, 6.07) is 0. The number of ether oxygens (including phenoxy) is 1. The Morgan fingerprint density at radius 3 is 2.23 bits per heavy atom. The SMILES string of the molecule is CC(=O)[C@H]1O[C@@H](O)[C@H](C)[C@@H](O)[C@@H]1O. The van der Waals surface area contributed by atoms with E-state index in [9.17, 15) is 20.1 Å². The molecule has 0 saturated carbocycles. The smallest absolute Gasteiger partial charge is 0.161 e. The van der Waals surface area contributed by atoms with E-state index in [2.05, 4.69) is 0 Å². The minimum atomic E-state index is -1.25. The number of hydrogen-bond donors (Lipinski definition) is 3. The maximum Gasteiger partial charge on any atom is 0.161 e. The van der Waals surface area contributed by atoms with Crippen LogP contribution >= 0.6 is 0 Å². The fourth-order valence-electron chi connectivity index (χ4n) is 1.35. The molecule has 5 heteroatoms. The van der Waals surface area contributed by atoms with Crippen molar-refractivity contribution in [2.24, 2.45) is 5.92 Å². The molecule has 0 aromatic carbocycles. The van der Waals surface area contributed by atoms with Crippen LogP contribution in [-0.4, -0.2) is 45.7 Å². The molecule has 0 amide bonds. The fraction of sp³-hybridized carbons (Fsp3) is 0.875. The van der Waals surface area contributed by atoms with Crippen molar-refractivity contribution in [1.29, 1.82) is 0 Å². The van der Waals surface area contributed by atoms with E-state index in [4.69, 9.17) is 4.74 Å². The largest absolute Gasteiger partial charge is 0.390 e. The number of aliphatic hydroxyl groups excluding tert-OH is 3. The molecule has 1 rings (SSSR count). The van der Waals surface area contributed by atoms with Crippen molar-refractivity contribution in [1.82, 2.24) is 0 Å². The fourth-order valence-corrected chi connectivity index (χ4v) is 1.35. The Morgan fingerprint density at radius 1 is 1.23 bits per heavy atom. The molecule has 0 aliphatic carbocycles. The molecular weight excluding hydrogens is 176 g/mol. The van der Waals surface area contributed by atoms with Gasteiger partial charge in [-0.15, -0.1) is 0 Å². The Kier molecular flexibility index (Phi) is 3.02. The number of aliphatic hydroxyl groups is 3. The Labute approximate surface area is 75.9 Å². The molecule has 1 heterocycles. The van der Waals surface area contributed by atoms with E-state index < -0.39 is 36.3 Å². The molecule has 0 spiro atoms. The lowest BCUT2D eigenvalue weighted by Crippen LogP contribution is -2.55.